The van der Waals surface area contributed by atoms with E-state index in [0.29, 0.717) is 6.42 Å². The largest absolute Gasteiger partial charge is 0.507 e. The number of benzene rings is 1. The van der Waals surface area contributed by atoms with E-state index >= 15 is 0 Å². The molecule has 5 nitrogen and oxygen atoms in total. The van der Waals surface area contributed by atoms with Crippen molar-refractivity contribution in [3.8, 4) is 5.75 Å². The van der Waals surface area contributed by atoms with Crippen molar-refractivity contribution in [3.05, 3.63) is 47.5 Å². The second kappa shape index (κ2) is 5.56. The van der Waals surface area contributed by atoms with Gasteiger partial charge < -0.3 is 14.8 Å². The lowest BCUT2D eigenvalue weighted by molar-refractivity contribution is 0.0693. The molecule has 1 heterocycles. The summed E-state index contributed by atoms with van der Waals surface area (Å²) < 4.78 is 2.05. The van der Waals surface area contributed by atoms with E-state index in [4.69, 9.17) is 5.11 Å². The molecule has 0 aliphatic heterocycles. The number of hydrogen-bond donors (Lipinski definition) is 2. The van der Waals surface area contributed by atoms with E-state index in [-0.39, 0.29) is 11.3 Å². The van der Waals surface area contributed by atoms with Crippen molar-refractivity contribution in [2.24, 2.45) is 0 Å². The summed E-state index contributed by atoms with van der Waals surface area (Å²) in [6.07, 6.45) is 5.22. The monoisotopic (exact) mass is 260 g/mol. The van der Waals surface area contributed by atoms with E-state index in [1.54, 1.807) is 12.3 Å². The lowest BCUT2D eigenvalue weighted by Crippen LogP contribution is -2.04. The van der Waals surface area contributed by atoms with Crippen LogP contribution in [0.2, 0.25) is 0 Å². The zero-order valence-electron chi connectivity index (χ0n) is 10.7. The van der Waals surface area contributed by atoms with Crippen LogP contribution < -0.4 is 0 Å². The first-order valence-corrected chi connectivity index (χ1v) is 6.17. The first-order chi connectivity index (χ1) is 9.11. The number of aromatic carboxylic acids is 1. The zero-order chi connectivity index (χ0) is 13.8. The van der Waals surface area contributed by atoms with E-state index in [1.807, 2.05) is 10.8 Å². The number of aromatic hydroxyl groups is 1. The molecule has 0 unspecified atom stereocenters. The smallest absolute Gasteiger partial charge is 0.339 e. The molecule has 0 bridgehead atoms. The summed E-state index contributed by atoms with van der Waals surface area (Å²) in [5.41, 5.74) is 0.741. The highest BCUT2D eigenvalue weighted by molar-refractivity contribution is 5.90. The van der Waals surface area contributed by atoms with Crippen molar-refractivity contribution in [1.29, 1.82) is 0 Å². The van der Waals surface area contributed by atoms with Gasteiger partial charge in [-0.2, -0.15) is 0 Å². The Kier molecular flexibility index (Phi) is 3.85. The van der Waals surface area contributed by atoms with E-state index < -0.39 is 5.97 Å². The Morgan fingerprint density at radius 3 is 2.89 bits per heavy atom. The summed E-state index contributed by atoms with van der Waals surface area (Å²) in [5.74, 6) is -0.451. The van der Waals surface area contributed by atoms with Crippen LogP contribution in [-0.2, 0) is 13.0 Å². The van der Waals surface area contributed by atoms with Crippen molar-refractivity contribution in [1.82, 2.24) is 9.55 Å². The number of carbonyl (C=O) groups is 1. The molecule has 1 aromatic carbocycles. The zero-order valence-corrected chi connectivity index (χ0v) is 10.7. The third-order valence-corrected chi connectivity index (χ3v) is 2.92. The van der Waals surface area contributed by atoms with Crippen LogP contribution in [0.15, 0.2) is 30.6 Å². The van der Waals surface area contributed by atoms with Crippen LogP contribution in [-0.4, -0.2) is 25.7 Å². The molecule has 1 aromatic heterocycles. The van der Waals surface area contributed by atoms with Gasteiger partial charge in [-0.25, -0.2) is 9.78 Å². The SMILES string of the molecule is CCCn1ccnc1Cc1ccc(O)c(C(=O)O)c1. The fraction of sp³-hybridized carbons (Fsp3) is 0.286. The minimum absolute atomic E-state index is 0.0777. The van der Waals surface area contributed by atoms with Gasteiger partial charge in [0.2, 0.25) is 0 Å². The Hall–Kier alpha value is -2.30. The predicted octanol–water partition coefficient (Wildman–Crippen LogP) is 2.29. The first kappa shape index (κ1) is 13.1. The molecule has 0 saturated carbocycles. The van der Waals surface area contributed by atoms with Crippen LogP contribution in [0.4, 0.5) is 0 Å². The third kappa shape index (κ3) is 2.93. The van der Waals surface area contributed by atoms with Gasteiger partial charge in [0.1, 0.15) is 17.1 Å². The molecule has 0 radical (unpaired) electrons. The minimum atomic E-state index is -1.13. The number of aryl methyl sites for hydroxylation is 1. The van der Waals surface area contributed by atoms with Crippen LogP contribution >= 0.6 is 0 Å². The molecule has 0 atom stereocenters. The summed E-state index contributed by atoms with van der Waals surface area (Å²) in [5, 5.41) is 18.4. The van der Waals surface area contributed by atoms with Gasteiger partial charge >= 0.3 is 5.97 Å². The number of rotatable bonds is 5. The molecule has 0 amide bonds. The third-order valence-electron chi connectivity index (χ3n) is 2.92. The normalized spacial score (nSPS) is 10.6. The highest BCUT2D eigenvalue weighted by atomic mass is 16.4. The van der Waals surface area contributed by atoms with E-state index in [1.165, 1.54) is 12.1 Å². The van der Waals surface area contributed by atoms with Crippen molar-refractivity contribution >= 4 is 5.97 Å². The maximum absolute atomic E-state index is 11.0. The van der Waals surface area contributed by atoms with E-state index in [0.717, 1.165) is 24.4 Å². The van der Waals surface area contributed by atoms with Crippen molar-refractivity contribution in [3.63, 3.8) is 0 Å². The Balaban J connectivity index is 2.26. The number of carboxylic acid groups (broad SMARTS) is 1. The summed E-state index contributed by atoms with van der Waals surface area (Å²) >= 11 is 0. The average molecular weight is 260 g/mol. The van der Waals surface area contributed by atoms with Gasteiger partial charge in [-0.1, -0.05) is 13.0 Å². The Labute approximate surface area is 111 Å². The maximum atomic E-state index is 11.0. The topological polar surface area (TPSA) is 75.3 Å². The number of carboxylic acids is 1. The molecular weight excluding hydrogens is 244 g/mol. The van der Waals surface area contributed by atoms with Crippen molar-refractivity contribution in [2.45, 2.75) is 26.3 Å². The lowest BCUT2D eigenvalue weighted by Gasteiger charge is -2.07. The van der Waals surface area contributed by atoms with Gasteiger partial charge in [0.05, 0.1) is 0 Å². The van der Waals surface area contributed by atoms with Gasteiger partial charge in [0.25, 0.3) is 0 Å². The van der Waals surface area contributed by atoms with Gasteiger partial charge in [-0.15, -0.1) is 0 Å². The van der Waals surface area contributed by atoms with Gasteiger partial charge in [0, 0.05) is 25.4 Å². The molecule has 0 fully saturated rings. The second-order valence-electron chi connectivity index (χ2n) is 4.37. The van der Waals surface area contributed by atoms with E-state index in [9.17, 15) is 9.90 Å². The van der Waals surface area contributed by atoms with E-state index in [2.05, 4.69) is 11.9 Å². The van der Waals surface area contributed by atoms with Gasteiger partial charge in [0.15, 0.2) is 0 Å². The second-order valence-corrected chi connectivity index (χ2v) is 4.37. The standard InChI is InChI=1S/C14H16N2O3/c1-2-6-16-7-5-15-13(16)9-10-3-4-12(17)11(8-10)14(18)19/h3-5,7-8,17H,2,6,9H2,1H3,(H,18,19). The summed E-state index contributed by atoms with van der Waals surface area (Å²) in [6, 6.07) is 4.61. The molecule has 19 heavy (non-hydrogen) atoms. The maximum Gasteiger partial charge on any atom is 0.339 e. The molecule has 100 valence electrons. The van der Waals surface area contributed by atoms with Crippen molar-refractivity contribution < 1.29 is 15.0 Å². The Morgan fingerprint density at radius 2 is 2.21 bits per heavy atom. The number of nitrogens with zero attached hydrogens (tertiary/aromatic N) is 2. The molecule has 0 aliphatic rings. The molecular formula is C14H16N2O3. The fourth-order valence-electron chi connectivity index (χ4n) is 2.00. The average Bonchev–Trinajstić information content (AvgIpc) is 2.79. The number of hydrogen-bond acceptors (Lipinski definition) is 3. The van der Waals surface area contributed by atoms with Crippen LogP contribution in [0, 0.1) is 0 Å². The van der Waals surface area contributed by atoms with Crippen LogP contribution in [0.25, 0.3) is 0 Å². The first-order valence-electron chi connectivity index (χ1n) is 6.17. The number of aromatic nitrogens is 2. The quantitative estimate of drug-likeness (QED) is 0.864. The Morgan fingerprint density at radius 1 is 1.42 bits per heavy atom. The molecule has 2 rings (SSSR count). The summed E-state index contributed by atoms with van der Waals surface area (Å²) in [7, 11) is 0. The predicted molar refractivity (Wildman–Crippen MR) is 70.4 cm³/mol. The molecule has 2 N–H and O–H groups in total. The van der Waals surface area contributed by atoms with Crippen LogP contribution in [0.3, 0.4) is 0 Å². The minimum Gasteiger partial charge on any atom is -0.507 e. The molecule has 0 saturated heterocycles. The van der Waals surface area contributed by atoms with Crippen LogP contribution in [0.1, 0.15) is 35.1 Å². The summed E-state index contributed by atoms with van der Waals surface area (Å²) in [6.45, 7) is 2.98. The fourth-order valence-corrected chi connectivity index (χ4v) is 2.00. The van der Waals surface area contributed by atoms with Gasteiger partial charge in [-0.05, 0) is 24.1 Å². The molecule has 5 heteroatoms. The molecule has 0 spiro atoms. The highest BCUT2D eigenvalue weighted by Gasteiger charge is 2.11. The summed E-state index contributed by atoms with van der Waals surface area (Å²) in [4.78, 5) is 15.2. The Bertz CT molecular complexity index is 590. The van der Waals surface area contributed by atoms with Gasteiger partial charge in [-0.3, -0.25) is 0 Å². The molecule has 0 aliphatic carbocycles. The van der Waals surface area contributed by atoms with Crippen LogP contribution in [0.5, 0.6) is 5.75 Å². The highest BCUT2D eigenvalue weighted by Crippen LogP contribution is 2.20. The number of imidazole rings is 1. The van der Waals surface area contributed by atoms with Crippen molar-refractivity contribution in [2.75, 3.05) is 0 Å². The number of phenols is 1. The molecule has 2 aromatic rings. The lowest BCUT2D eigenvalue weighted by atomic mass is 10.1.